The van der Waals surface area contributed by atoms with Crippen LogP contribution in [0.15, 0.2) is 83.8 Å². The summed E-state index contributed by atoms with van der Waals surface area (Å²) in [6.07, 6.45) is 4.94. The second kappa shape index (κ2) is 14.0. The van der Waals surface area contributed by atoms with Gasteiger partial charge in [0.15, 0.2) is 0 Å². The predicted octanol–water partition coefficient (Wildman–Crippen LogP) is 5.75. The number of nitrogens with zero attached hydrogens (tertiary/aromatic N) is 2. The van der Waals surface area contributed by atoms with E-state index in [2.05, 4.69) is 5.32 Å². The Labute approximate surface area is 248 Å². The lowest BCUT2D eigenvalue weighted by Crippen LogP contribution is -2.54. The van der Waals surface area contributed by atoms with Gasteiger partial charge in [-0.25, -0.2) is 8.42 Å². The first-order valence-corrected chi connectivity index (χ1v) is 16.0. The van der Waals surface area contributed by atoms with E-state index in [1.54, 1.807) is 35.2 Å². The molecule has 7 nitrogen and oxygen atoms in total. The minimum atomic E-state index is -4.13. The fourth-order valence-corrected chi connectivity index (χ4v) is 6.85. The molecule has 1 N–H and O–H groups in total. The van der Waals surface area contributed by atoms with E-state index in [4.69, 9.17) is 11.6 Å². The summed E-state index contributed by atoms with van der Waals surface area (Å²) in [4.78, 5) is 29.2. The lowest BCUT2D eigenvalue weighted by molar-refractivity contribution is -0.139. The monoisotopic (exact) mass is 595 g/mol. The van der Waals surface area contributed by atoms with Gasteiger partial charge < -0.3 is 10.2 Å². The highest BCUT2D eigenvalue weighted by molar-refractivity contribution is 7.92. The number of hydrogen-bond acceptors (Lipinski definition) is 4. The van der Waals surface area contributed by atoms with Crippen molar-refractivity contribution in [3.05, 3.63) is 95.0 Å². The molecule has 0 spiro atoms. The van der Waals surface area contributed by atoms with Crippen LogP contribution in [0.4, 0.5) is 5.69 Å². The van der Waals surface area contributed by atoms with Gasteiger partial charge in [0, 0.05) is 17.6 Å². The van der Waals surface area contributed by atoms with E-state index >= 15 is 0 Å². The Balaban J connectivity index is 1.67. The van der Waals surface area contributed by atoms with Crippen molar-refractivity contribution in [1.29, 1.82) is 0 Å². The Morgan fingerprint density at radius 3 is 2.29 bits per heavy atom. The number of sulfonamides is 1. The predicted molar refractivity (Wildman–Crippen MR) is 163 cm³/mol. The van der Waals surface area contributed by atoms with Crippen LogP contribution in [0.2, 0.25) is 5.02 Å². The first-order chi connectivity index (χ1) is 19.7. The molecule has 0 aromatic heterocycles. The molecule has 0 unspecified atom stereocenters. The molecule has 3 aromatic carbocycles. The lowest BCUT2D eigenvalue weighted by Gasteiger charge is -2.33. The van der Waals surface area contributed by atoms with Gasteiger partial charge in [-0.3, -0.25) is 13.9 Å². The highest BCUT2D eigenvalue weighted by Crippen LogP contribution is 2.27. The maximum absolute atomic E-state index is 14.1. The molecule has 2 amide bonds. The van der Waals surface area contributed by atoms with Crippen molar-refractivity contribution in [1.82, 2.24) is 10.2 Å². The van der Waals surface area contributed by atoms with E-state index in [1.807, 2.05) is 44.2 Å². The Morgan fingerprint density at radius 2 is 1.66 bits per heavy atom. The van der Waals surface area contributed by atoms with E-state index in [-0.39, 0.29) is 29.1 Å². The Morgan fingerprint density at radius 1 is 0.976 bits per heavy atom. The number of carbonyl (C=O) groups excluding carboxylic acids is 2. The molecular weight excluding hydrogens is 558 g/mol. The summed E-state index contributed by atoms with van der Waals surface area (Å²) in [5.41, 5.74) is 2.22. The van der Waals surface area contributed by atoms with Crippen molar-refractivity contribution < 1.29 is 18.0 Å². The third kappa shape index (κ3) is 7.89. The second-order valence-electron chi connectivity index (χ2n) is 10.5. The minimum absolute atomic E-state index is 0.0673. The van der Waals surface area contributed by atoms with Gasteiger partial charge in [0.05, 0.1) is 10.6 Å². The molecule has 0 saturated heterocycles. The normalized spacial score (nSPS) is 14.4. The summed E-state index contributed by atoms with van der Waals surface area (Å²) in [7, 11) is -4.13. The van der Waals surface area contributed by atoms with Crippen LogP contribution in [0.1, 0.15) is 50.2 Å². The minimum Gasteiger partial charge on any atom is -0.352 e. The average Bonchev–Trinajstić information content (AvgIpc) is 3.47. The molecule has 1 fully saturated rings. The number of amides is 2. The maximum atomic E-state index is 14.1. The summed E-state index contributed by atoms with van der Waals surface area (Å²) in [5, 5.41) is 3.48. The molecule has 3 aromatic rings. The van der Waals surface area contributed by atoms with Gasteiger partial charge in [-0.1, -0.05) is 85.5 Å². The van der Waals surface area contributed by atoms with Gasteiger partial charge in [0.1, 0.15) is 12.6 Å². The number of carbonyl (C=O) groups is 2. The molecule has 1 aliphatic rings. The largest absolute Gasteiger partial charge is 0.352 e. The smallest absolute Gasteiger partial charge is 0.264 e. The number of nitrogens with one attached hydrogen (secondary N) is 1. The molecule has 1 atom stereocenters. The standard InChI is InChI=1S/C32H38ClN3O4S/c1-3-30(32(38)34-27-13-7-8-14-27)35(21-20-25-10-5-4-6-11-25)31(37)23-36(28-15-9-12-26(33)22-28)41(39,40)29-18-16-24(2)17-19-29/h4-6,9-12,15-19,22,27,30H,3,7-8,13-14,20-21,23H2,1-2H3,(H,34,38)/t30-/m1/s1. The van der Waals surface area contributed by atoms with E-state index < -0.39 is 28.5 Å². The SMILES string of the molecule is CC[C@H](C(=O)NC1CCCC1)N(CCc1ccccc1)C(=O)CN(c1cccc(Cl)c1)S(=O)(=O)c1ccc(C)cc1. The fourth-order valence-electron chi connectivity index (χ4n) is 5.26. The van der Waals surface area contributed by atoms with Crippen LogP contribution >= 0.6 is 11.6 Å². The number of rotatable bonds is 12. The van der Waals surface area contributed by atoms with E-state index in [0.29, 0.717) is 17.9 Å². The third-order valence-electron chi connectivity index (χ3n) is 7.56. The summed E-state index contributed by atoms with van der Waals surface area (Å²) >= 11 is 6.25. The summed E-state index contributed by atoms with van der Waals surface area (Å²) < 4.78 is 28.9. The first-order valence-electron chi connectivity index (χ1n) is 14.2. The zero-order valence-corrected chi connectivity index (χ0v) is 25.2. The molecule has 1 aliphatic carbocycles. The molecule has 41 heavy (non-hydrogen) atoms. The van der Waals surface area contributed by atoms with E-state index in [0.717, 1.165) is 41.1 Å². The number of anilines is 1. The fraction of sp³-hybridized carbons (Fsp3) is 0.375. The molecule has 0 heterocycles. The second-order valence-corrected chi connectivity index (χ2v) is 12.8. The topological polar surface area (TPSA) is 86.8 Å². The molecular formula is C32H38ClN3O4S. The molecule has 1 saturated carbocycles. The third-order valence-corrected chi connectivity index (χ3v) is 9.58. The molecule has 218 valence electrons. The van der Waals surface area contributed by atoms with Crippen LogP contribution in [0.3, 0.4) is 0 Å². The van der Waals surface area contributed by atoms with Gasteiger partial charge in [-0.05, 0) is 68.5 Å². The van der Waals surface area contributed by atoms with Gasteiger partial charge >= 0.3 is 0 Å². The molecule has 0 radical (unpaired) electrons. The van der Waals surface area contributed by atoms with Crippen LogP contribution in [0, 0.1) is 6.92 Å². The van der Waals surface area contributed by atoms with Gasteiger partial charge in [-0.2, -0.15) is 0 Å². The lowest BCUT2D eigenvalue weighted by atomic mass is 10.1. The number of halogens is 1. The van der Waals surface area contributed by atoms with Crippen molar-refractivity contribution in [3.63, 3.8) is 0 Å². The zero-order valence-electron chi connectivity index (χ0n) is 23.6. The van der Waals surface area contributed by atoms with Crippen LogP contribution in [0.25, 0.3) is 0 Å². The average molecular weight is 596 g/mol. The van der Waals surface area contributed by atoms with Crippen LogP contribution in [-0.2, 0) is 26.0 Å². The van der Waals surface area contributed by atoms with Crippen LogP contribution in [0.5, 0.6) is 0 Å². The van der Waals surface area contributed by atoms with E-state index in [1.165, 1.54) is 18.2 Å². The molecule has 9 heteroatoms. The van der Waals surface area contributed by atoms with Gasteiger partial charge in [0.2, 0.25) is 11.8 Å². The zero-order chi connectivity index (χ0) is 29.4. The van der Waals surface area contributed by atoms with Crippen LogP contribution in [-0.4, -0.2) is 50.3 Å². The maximum Gasteiger partial charge on any atom is 0.264 e. The first kappa shape index (κ1) is 30.6. The van der Waals surface area contributed by atoms with Gasteiger partial charge in [-0.15, -0.1) is 0 Å². The summed E-state index contributed by atoms with van der Waals surface area (Å²) in [6.45, 7) is 3.55. The van der Waals surface area contributed by atoms with Crippen LogP contribution < -0.4 is 9.62 Å². The summed E-state index contributed by atoms with van der Waals surface area (Å²) in [5.74, 6) is -0.651. The van der Waals surface area contributed by atoms with Gasteiger partial charge in [0.25, 0.3) is 10.0 Å². The van der Waals surface area contributed by atoms with Crippen molar-refractivity contribution >= 4 is 39.1 Å². The number of hydrogen-bond donors (Lipinski definition) is 1. The van der Waals surface area contributed by atoms with E-state index in [9.17, 15) is 18.0 Å². The quantitative estimate of drug-likeness (QED) is 0.289. The Bertz CT molecular complexity index is 1420. The number of benzene rings is 3. The summed E-state index contributed by atoms with van der Waals surface area (Å²) in [6, 6.07) is 22.1. The van der Waals surface area contributed by atoms with Crippen molar-refractivity contribution in [2.45, 2.75) is 69.4 Å². The molecule has 4 rings (SSSR count). The molecule has 0 bridgehead atoms. The Kier molecular flexibility index (Phi) is 10.5. The Hall–Kier alpha value is -3.36. The number of aryl methyl sites for hydroxylation is 1. The highest BCUT2D eigenvalue weighted by Gasteiger charge is 2.34. The van der Waals surface area contributed by atoms with Crippen molar-refractivity contribution in [3.8, 4) is 0 Å². The van der Waals surface area contributed by atoms with Crippen molar-refractivity contribution in [2.24, 2.45) is 0 Å². The van der Waals surface area contributed by atoms with Crippen molar-refractivity contribution in [2.75, 3.05) is 17.4 Å². The highest BCUT2D eigenvalue weighted by atomic mass is 35.5. The molecule has 0 aliphatic heterocycles.